The smallest absolute Gasteiger partial charge is 0.249 e. The molecule has 2 rings (SSSR count). The number of halogens is 1. The van der Waals surface area contributed by atoms with E-state index in [0.717, 1.165) is 9.75 Å². The van der Waals surface area contributed by atoms with Crippen LogP contribution in [0.4, 0.5) is 0 Å². The first-order valence-corrected chi connectivity index (χ1v) is 6.81. The van der Waals surface area contributed by atoms with Gasteiger partial charge >= 0.3 is 0 Å². The highest BCUT2D eigenvalue weighted by molar-refractivity contribution is 7.12. The Morgan fingerprint density at radius 2 is 2.10 bits per heavy atom. The van der Waals surface area contributed by atoms with Gasteiger partial charge < -0.3 is 11.1 Å². The van der Waals surface area contributed by atoms with Crippen LogP contribution in [0.5, 0.6) is 0 Å². The molecule has 110 valence electrons. The Hall–Kier alpha value is -1.44. The van der Waals surface area contributed by atoms with Crippen LogP contribution in [0.3, 0.4) is 0 Å². The first-order chi connectivity index (χ1) is 9.08. The molecule has 1 aliphatic heterocycles. The highest BCUT2D eigenvalue weighted by Crippen LogP contribution is 2.16. The standard InChI is InChI=1S/C12H15N3O3S.ClH/c13-6-8-2-1-7(19-8)5-11(17)14-9-3-4-10(16)15-12(9)18;/h1-2,9H,3-6,13H2,(H,14,17)(H,15,16,18);1H. The zero-order chi connectivity index (χ0) is 13.8. The number of hydrogen-bond acceptors (Lipinski definition) is 5. The van der Waals surface area contributed by atoms with Gasteiger partial charge in [-0.05, 0) is 18.6 Å². The van der Waals surface area contributed by atoms with Gasteiger partial charge in [-0.1, -0.05) is 0 Å². The lowest BCUT2D eigenvalue weighted by atomic mass is 10.1. The number of carbonyl (C=O) groups is 3. The summed E-state index contributed by atoms with van der Waals surface area (Å²) in [5.41, 5.74) is 5.50. The molecule has 8 heteroatoms. The molecule has 4 N–H and O–H groups in total. The van der Waals surface area contributed by atoms with E-state index < -0.39 is 11.9 Å². The van der Waals surface area contributed by atoms with Crippen LogP contribution in [0.25, 0.3) is 0 Å². The summed E-state index contributed by atoms with van der Waals surface area (Å²) in [5, 5.41) is 4.84. The van der Waals surface area contributed by atoms with E-state index >= 15 is 0 Å². The monoisotopic (exact) mass is 317 g/mol. The molecule has 0 aliphatic carbocycles. The third-order valence-electron chi connectivity index (χ3n) is 2.83. The van der Waals surface area contributed by atoms with Crippen LogP contribution >= 0.6 is 23.7 Å². The van der Waals surface area contributed by atoms with Gasteiger partial charge in [0.25, 0.3) is 0 Å². The molecule has 6 nitrogen and oxygen atoms in total. The number of amides is 3. The summed E-state index contributed by atoms with van der Waals surface area (Å²) in [7, 11) is 0. The average molecular weight is 318 g/mol. The maximum absolute atomic E-state index is 11.8. The van der Waals surface area contributed by atoms with Gasteiger partial charge in [0.2, 0.25) is 17.7 Å². The minimum absolute atomic E-state index is 0. The van der Waals surface area contributed by atoms with Crippen molar-refractivity contribution in [1.29, 1.82) is 0 Å². The average Bonchev–Trinajstić information content (AvgIpc) is 2.80. The van der Waals surface area contributed by atoms with Crippen LogP contribution in [-0.2, 0) is 27.3 Å². The molecule has 0 aromatic carbocycles. The maximum atomic E-state index is 11.8. The third kappa shape index (κ3) is 4.29. The Labute approximate surface area is 126 Å². The van der Waals surface area contributed by atoms with Gasteiger partial charge in [-0.3, -0.25) is 19.7 Å². The summed E-state index contributed by atoms with van der Waals surface area (Å²) in [6, 6.07) is 3.13. The molecule has 1 saturated heterocycles. The van der Waals surface area contributed by atoms with E-state index in [-0.39, 0.29) is 37.1 Å². The van der Waals surface area contributed by atoms with Gasteiger partial charge in [0, 0.05) is 22.7 Å². The highest BCUT2D eigenvalue weighted by atomic mass is 35.5. The third-order valence-corrected chi connectivity index (χ3v) is 3.94. The fraction of sp³-hybridized carbons (Fsp3) is 0.417. The number of thiophene rings is 1. The van der Waals surface area contributed by atoms with E-state index in [1.807, 2.05) is 12.1 Å². The van der Waals surface area contributed by atoms with Gasteiger partial charge in [-0.25, -0.2) is 0 Å². The fourth-order valence-corrected chi connectivity index (χ4v) is 2.76. The Morgan fingerprint density at radius 3 is 2.70 bits per heavy atom. The molecule has 1 aromatic heterocycles. The number of nitrogens with two attached hydrogens (primary N) is 1. The predicted molar refractivity (Wildman–Crippen MR) is 77.5 cm³/mol. The van der Waals surface area contributed by atoms with Gasteiger partial charge in [-0.15, -0.1) is 23.7 Å². The molecule has 0 radical (unpaired) electrons. The van der Waals surface area contributed by atoms with Crippen molar-refractivity contribution in [2.24, 2.45) is 5.73 Å². The maximum Gasteiger partial charge on any atom is 0.249 e. The summed E-state index contributed by atoms with van der Waals surface area (Å²) >= 11 is 1.48. The molecule has 20 heavy (non-hydrogen) atoms. The van der Waals surface area contributed by atoms with Crippen molar-refractivity contribution in [2.75, 3.05) is 0 Å². The molecular weight excluding hydrogens is 302 g/mol. The van der Waals surface area contributed by atoms with Crippen LogP contribution in [0.1, 0.15) is 22.6 Å². The van der Waals surface area contributed by atoms with E-state index in [0.29, 0.717) is 13.0 Å². The molecule has 0 bridgehead atoms. The largest absolute Gasteiger partial charge is 0.344 e. The van der Waals surface area contributed by atoms with Crippen molar-refractivity contribution in [2.45, 2.75) is 31.8 Å². The Bertz CT molecular complexity index is 518. The van der Waals surface area contributed by atoms with E-state index in [1.165, 1.54) is 11.3 Å². The summed E-state index contributed by atoms with van der Waals surface area (Å²) in [6.07, 6.45) is 0.838. The molecule has 1 fully saturated rings. The molecular formula is C12H16ClN3O3S. The number of nitrogens with one attached hydrogen (secondary N) is 2. The summed E-state index contributed by atoms with van der Waals surface area (Å²) in [6.45, 7) is 0.458. The van der Waals surface area contributed by atoms with Crippen LogP contribution in [0, 0.1) is 0 Å². The topological polar surface area (TPSA) is 101 Å². The van der Waals surface area contributed by atoms with Gasteiger partial charge in [-0.2, -0.15) is 0 Å². The second-order valence-corrected chi connectivity index (χ2v) is 5.57. The van der Waals surface area contributed by atoms with Crippen molar-refractivity contribution in [3.8, 4) is 0 Å². The van der Waals surface area contributed by atoms with Crippen molar-refractivity contribution in [3.63, 3.8) is 0 Å². The quantitative estimate of drug-likeness (QED) is 0.685. The second-order valence-electron chi connectivity index (χ2n) is 4.32. The fourth-order valence-electron chi connectivity index (χ4n) is 1.86. The first-order valence-electron chi connectivity index (χ1n) is 5.99. The highest BCUT2D eigenvalue weighted by Gasteiger charge is 2.27. The summed E-state index contributed by atoms with van der Waals surface area (Å²) < 4.78 is 0. The number of hydrogen-bond donors (Lipinski definition) is 3. The molecule has 2 heterocycles. The van der Waals surface area contributed by atoms with E-state index in [2.05, 4.69) is 10.6 Å². The molecule has 1 atom stereocenters. The zero-order valence-corrected chi connectivity index (χ0v) is 12.3. The summed E-state index contributed by atoms with van der Waals surface area (Å²) in [5.74, 6) is -0.945. The lowest BCUT2D eigenvalue weighted by Gasteiger charge is -2.21. The Morgan fingerprint density at radius 1 is 1.40 bits per heavy atom. The predicted octanol–water partition coefficient (Wildman–Crippen LogP) is 0.0925. The second kappa shape index (κ2) is 7.37. The molecule has 0 saturated carbocycles. The van der Waals surface area contributed by atoms with E-state index in [4.69, 9.17) is 5.73 Å². The van der Waals surface area contributed by atoms with Crippen molar-refractivity contribution < 1.29 is 14.4 Å². The van der Waals surface area contributed by atoms with Gasteiger partial charge in [0.05, 0.1) is 6.42 Å². The van der Waals surface area contributed by atoms with Crippen molar-refractivity contribution in [3.05, 3.63) is 21.9 Å². The Balaban J connectivity index is 0.00000200. The minimum Gasteiger partial charge on any atom is -0.344 e. The van der Waals surface area contributed by atoms with Crippen LogP contribution in [-0.4, -0.2) is 23.8 Å². The van der Waals surface area contributed by atoms with Gasteiger partial charge in [0.1, 0.15) is 6.04 Å². The van der Waals surface area contributed by atoms with Gasteiger partial charge in [0.15, 0.2) is 0 Å². The first kappa shape index (κ1) is 16.6. The summed E-state index contributed by atoms with van der Waals surface area (Å²) in [4.78, 5) is 36.2. The van der Waals surface area contributed by atoms with Crippen LogP contribution < -0.4 is 16.4 Å². The molecule has 1 unspecified atom stereocenters. The molecule has 1 aliphatic rings. The lowest BCUT2D eigenvalue weighted by Crippen LogP contribution is -2.52. The van der Waals surface area contributed by atoms with Crippen LogP contribution in [0.2, 0.25) is 0 Å². The number of rotatable bonds is 4. The van der Waals surface area contributed by atoms with Crippen molar-refractivity contribution >= 4 is 41.5 Å². The molecule has 3 amide bonds. The Kier molecular flexibility index (Phi) is 6.12. The SMILES string of the molecule is Cl.NCc1ccc(CC(=O)NC2CCC(=O)NC2=O)s1. The number of imide groups is 1. The lowest BCUT2D eigenvalue weighted by molar-refractivity contribution is -0.137. The normalized spacial score (nSPS) is 18.1. The number of carbonyl (C=O) groups excluding carboxylic acids is 3. The minimum atomic E-state index is -0.612. The molecule has 0 spiro atoms. The number of piperidine rings is 1. The molecule has 1 aromatic rings. The van der Waals surface area contributed by atoms with E-state index in [1.54, 1.807) is 0 Å². The van der Waals surface area contributed by atoms with Crippen molar-refractivity contribution in [1.82, 2.24) is 10.6 Å². The zero-order valence-electron chi connectivity index (χ0n) is 10.7. The van der Waals surface area contributed by atoms with E-state index in [9.17, 15) is 14.4 Å². The van der Waals surface area contributed by atoms with Crippen LogP contribution in [0.15, 0.2) is 12.1 Å².